The van der Waals surface area contributed by atoms with Gasteiger partial charge in [-0.2, -0.15) is 0 Å². The second-order valence-corrected chi connectivity index (χ2v) is 4.75. The van der Waals surface area contributed by atoms with Crippen molar-refractivity contribution in [2.24, 2.45) is 5.92 Å². The van der Waals surface area contributed by atoms with Crippen molar-refractivity contribution in [1.82, 2.24) is 5.32 Å². The minimum Gasteiger partial charge on any atom is -0.396 e. The van der Waals surface area contributed by atoms with Gasteiger partial charge in [0.15, 0.2) is 0 Å². The van der Waals surface area contributed by atoms with Gasteiger partial charge in [0.25, 0.3) is 0 Å². The third-order valence-corrected chi connectivity index (χ3v) is 3.38. The monoisotopic (exact) mass is 234 g/mol. The lowest BCUT2D eigenvalue weighted by molar-refractivity contribution is 0.299. The lowest BCUT2D eigenvalue weighted by atomic mass is 9.98. The molecule has 3 N–H and O–H groups in total. The van der Waals surface area contributed by atoms with E-state index in [-0.39, 0.29) is 6.61 Å². The van der Waals surface area contributed by atoms with Crippen LogP contribution in [0.25, 0.3) is 0 Å². The van der Waals surface area contributed by atoms with E-state index < -0.39 is 0 Å². The molecular weight excluding hydrogens is 212 g/mol. The first-order valence-electron chi connectivity index (χ1n) is 6.53. The molecule has 0 radical (unpaired) electrons. The zero-order chi connectivity index (χ0) is 11.9. The molecule has 3 nitrogen and oxygen atoms in total. The number of aliphatic hydroxyl groups excluding tert-OH is 1. The quantitative estimate of drug-likeness (QED) is 0.725. The van der Waals surface area contributed by atoms with Crippen LogP contribution in [0.15, 0.2) is 24.3 Å². The van der Waals surface area contributed by atoms with Gasteiger partial charge in [-0.1, -0.05) is 12.1 Å². The number of anilines is 1. The maximum atomic E-state index is 8.92. The number of hydrogen-bond donors (Lipinski definition) is 3. The van der Waals surface area contributed by atoms with Crippen LogP contribution in [0.3, 0.4) is 0 Å². The standard InChI is InChI=1S/C14H22N2O/c17-9-6-12-2-1-3-14(10-12)16-11-13-4-7-15-8-5-13/h1-3,10,13,15-17H,4-9,11H2. The molecule has 1 fully saturated rings. The summed E-state index contributed by atoms with van der Waals surface area (Å²) in [6.45, 7) is 3.58. The number of piperidine rings is 1. The second kappa shape index (κ2) is 6.62. The van der Waals surface area contributed by atoms with E-state index in [1.165, 1.54) is 24.1 Å². The van der Waals surface area contributed by atoms with Crippen molar-refractivity contribution in [1.29, 1.82) is 0 Å². The van der Waals surface area contributed by atoms with Crippen LogP contribution in [0.5, 0.6) is 0 Å². The van der Waals surface area contributed by atoms with Crippen LogP contribution in [0.1, 0.15) is 18.4 Å². The molecule has 1 aromatic rings. The smallest absolute Gasteiger partial charge is 0.0471 e. The van der Waals surface area contributed by atoms with Crippen LogP contribution >= 0.6 is 0 Å². The van der Waals surface area contributed by atoms with E-state index in [0.717, 1.165) is 32.0 Å². The van der Waals surface area contributed by atoms with Crippen molar-refractivity contribution in [3.05, 3.63) is 29.8 Å². The number of aliphatic hydroxyl groups is 1. The molecule has 3 heteroatoms. The van der Waals surface area contributed by atoms with Crippen molar-refractivity contribution in [3.63, 3.8) is 0 Å². The van der Waals surface area contributed by atoms with Crippen molar-refractivity contribution in [2.45, 2.75) is 19.3 Å². The van der Waals surface area contributed by atoms with Gasteiger partial charge in [-0.05, 0) is 56.0 Å². The molecule has 2 rings (SSSR count). The topological polar surface area (TPSA) is 44.3 Å². The van der Waals surface area contributed by atoms with Gasteiger partial charge in [-0.3, -0.25) is 0 Å². The van der Waals surface area contributed by atoms with Crippen molar-refractivity contribution < 1.29 is 5.11 Å². The molecule has 0 amide bonds. The van der Waals surface area contributed by atoms with Crippen LogP contribution in [-0.4, -0.2) is 31.3 Å². The van der Waals surface area contributed by atoms with Gasteiger partial charge in [0.05, 0.1) is 0 Å². The first-order chi connectivity index (χ1) is 8.38. The Bertz CT molecular complexity index is 335. The number of hydrogen-bond acceptors (Lipinski definition) is 3. The minimum absolute atomic E-state index is 0.220. The first-order valence-corrected chi connectivity index (χ1v) is 6.53. The Hall–Kier alpha value is -1.06. The zero-order valence-electron chi connectivity index (χ0n) is 10.3. The van der Waals surface area contributed by atoms with Gasteiger partial charge in [0, 0.05) is 18.8 Å². The summed E-state index contributed by atoms with van der Waals surface area (Å²) >= 11 is 0. The molecule has 1 aliphatic heterocycles. The number of benzene rings is 1. The predicted octanol–water partition coefficient (Wildman–Crippen LogP) is 1.63. The molecule has 0 aliphatic carbocycles. The molecule has 1 heterocycles. The highest BCUT2D eigenvalue weighted by Crippen LogP contribution is 2.15. The van der Waals surface area contributed by atoms with Crippen molar-refractivity contribution >= 4 is 5.69 Å². The molecular formula is C14H22N2O. The summed E-state index contributed by atoms with van der Waals surface area (Å²) in [6, 6.07) is 8.35. The van der Waals surface area contributed by atoms with E-state index >= 15 is 0 Å². The third-order valence-electron chi connectivity index (χ3n) is 3.38. The van der Waals surface area contributed by atoms with E-state index in [1.54, 1.807) is 0 Å². The highest BCUT2D eigenvalue weighted by molar-refractivity contribution is 5.45. The molecule has 1 aromatic carbocycles. The molecule has 0 unspecified atom stereocenters. The van der Waals surface area contributed by atoms with E-state index in [2.05, 4.69) is 34.9 Å². The van der Waals surface area contributed by atoms with Gasteiger partial charge >= 0.3 is 0 Å². The Balaban J connectivity index is 1.83. The average molecular weight is 234 g/mol. The van der Waals surface area contributed by atoms with Crippen molar-refractivity contribution in [3.8, 4) is 0 Å². The van der Waals surface area contributed by atoms with E-state index in [1.807, 2.05) is 0 Å². The zero-order valence-corrected chi connectivity index (χ0v) is 10.3. The predicted molar refractivity (Wildman–Crippen MR) is 71.3 cm³/mol. The lowest BCUT2D eigenvalue weighted by Gasteiger charge is -2.23. The average Bonchev–Trinajstić information content (AvgIpc) is 2.39. The largest absolute Gasteiger partial charge is 0.396 e. The van der Waals surface area contributed by atoms with Crippen LogP contribution in [0.2, 0.25) is 0 Å². The molecule has 0 aromatic heterocycles. The lowest BCUT2D eigenvalue weighted by Crippen LogP contribution is -2.31. The third kappa shape index (κ3) is 4.02. The van der Waals surface area contributed by atoms with Crippen LogP contribution in [-0.2, 0) is 6.42 Å². The minimum atomic E-state index is 0.220. The summed E-state index contributed by atoms with van der Waals surface area (Å²) in [5.74, 6) is 0.790. The van der Waals surface area contributed by atoms with Gasteiger partial charge in [0.2, 0.25) is 0 Å². The molecule has 0 bridgehead atoms. The Morgan fingerprint density at radius 3 is 2.88 bits per heavy atom. The summed E-state index contributed by atoms with van der Waals surface area (Å²) < 4.78 is 0. The van der Waals surface area contributed by atoms with E-state index in [9.17, 15) is 0 Å². The Morgan fingerprint density at radius 1 is 1.29 bits per heavy atom. The van der Waals surface area contributed by atoms with Gasteiger partial charge in [0.1, 0.15) is 0 Å². The summed E-state index contributed by atoms with van der Waals surface area (Å²) in [6.07, 6.45) is 3.27. The van der Waals surface area contributed by atoms with Crippen molar-refractivity contribution in [2.75, 3.05) is 31.6 Å². The molecule has 0 atom stereocenters. The van der Waals surface area contributed by atoms with Crippen LogP contribution in [0.4, 0.5) is 5.69 Å². The fraction of sp³-hybridized carbons (Fsp3) is 0.571. The number of nitrogens with one attached hydrogen (secondary N) is 2. The van der Waals surface area contributed by atoms with E-state index in [4.69, 9.17) is 5.11 Å². The molecule has 94 valence electrons. The van der Waals surface area contributed by atoms with Gasteiger partial charge in [-0.25, -0.2) is 0 Å². The Labute approximate surface area is 103 Å². The fourth-order valence-electron chi connectivity index (χ4n) is 2.31. The molecule has 1 saturated heterocycles. The maximum absolute atomic E-state index is 8.92. The molecule has 0 spiro atoms. The van der Waals surface area contributed by atoms with E-state index in [0.29, 0.717) is 0 Å². The molecule has 17 heavy (non-hydrogen) atoms. The highest BCUT2D eigenvalue weighted by Gasteiger charge is 2.12. The summed E-state index contributed by atoms with van der Waals surface area (Å²) in [5.41, 5.74) is 2.37. The number of rotatable bonds is 5. The maximum Gasteiger partial charge on any atom is 0.0471 e. The Morgan fingerprint density at radius 2 is 2.12 bits per heavy atom. The Kier molecular flexibility index (Phi) is 4.83. The molecule has 0 saturated carbocycles. The summed E-state index contributed by atoms with van der Waals surface area (Å²) in [5, 5.41) is 15.8. The summed E-state index contributed by atoms with van der Waals surface area (Å²) in [7, 11) is 0. The van der Waals surface area contributed by atoms with Crippen LogP contribution < -0.4 is 10.6 Å². The molecule has 1 aliphatic rings. The highest BCUT2D eigenvalue weighted by atomic mass is 16.2. The summed E-state index contributed by atoms with van der Waals surface area (Å²) in [4.78, 5) is 0. The van der Waals surface area contributed by atoms with Gasteiger partial charge in [-0.15, -0.1) is 0 Å². The van der Waals surface area contributed by atoms with Gasteiger partial charge < -0.3 is 15.7 Å². The normalized spacial score (nSPS) is 17.0. The second-order valence-electron chi connectivity index (χ2n) is 4.75. The first kappa shape index (κ1) is 12.4. The van der Waals surface area contributed by atoms with Crippen LogP contribution in [0, 0.1) is 5.92 Å². The fourth-order valence-corrected chi connectivity index (χ4v) is 2.31. The SMILES string of the molecule is OCCc1cccc(NCC2CCNCC2)c1.